The zero-order valence-electron chi connectivity index (χ0n) is 9.61. The zero-order chi connectivity index (χ0) is 11.6. The van der Waals surface area contributed by atoms with E-state index in [1.165, 1.54) is 12.8 Å². The van der Waals surface area contributed by atoms with Gasteiger partial charge in [-0.15, -0.1) is 0 Å². The van der Waals surface area contributed by atoms with Gasteiger partial charge in [0.05, 0.1) is 31.8 Å². The Labute approximate surface area is 91.9 Å². The van der Waals surface area contributed by atoms with Gasteiger partial charge in [0.2, 0.25) is 0 Å². The molecule has 0 saturated heterocycles. The van der Waals surface area contributed by atoms with Crippen molar-refractivity contribution < 1.29 is 20.1 Å². The molecule has 0 bridgehead atoms. The summed E-state index contributed by atoms with van der Waals surface area (Å²) in [7, 11) is 0. The number of hydrogen-bond acceptors (Lipinski definition) is 4. The Balaban J connectivity index is 3.54. The minimum atomic E-state index is -0.884. The van der Waals surface area contributed by atoms with Crippen LogP contribution in [0, 0.1) is 5.41 Å². The second kappa shape index (κ2) is 9.09. The predicted octanol–water partition coefficient (Wildman–Crippen LogP) is 0.547. The van der Waals surface area contributed by atoms with Crippen LogP contribution >= 0.6 is 0 Å². The van der Waals surface area contributed by atoms with E-state index in [4.69, 9.17) is 20.1 Å². The van der Waals surface area contributed by atoms with Crippen molar-refractivity contribution in [3.63, 3.8) is 0 Å². The molecule has 0 radical (unpaired) electrons. The number of unbranched alkanes of at least 4 members (excludes halogenated alkanes) is 3. The van der Waals surface area contributed by atoms with Gasteiger partial charge in [-0.2, -0.15) is 0 Å². The standard InChI is InChI=1S/C11H24O4/c1-2-3-4-5-6-15-10-11(7-12,8-13)9-14/h12-14H,2-10H2,1H3. The fraction of sp³-hybridized carbons (Fsp3) is 1.00. The summed E-state index contributed by atoms with van der Waals surface area (Å²) in [5.74, 6) is 0. The smallest absolute Gasteiger partial charge is 0.0629 e. The van der Waals surface area contributed by atoms with Gasteiger partial charge < -0.3 is 20.1 Å². The summed E-state index contributed by atoms with van der Waals surface area (Å²) in [5.41, 5.74) is -0.884. The van der Waals surface area contributed by atoms with E-state index in [1.54, 1.807) is 0 Å². The molecule has 0 aromatic rings. The molecule has 0 saturated carbocycles. The molecule has 0 fully saturated rings. The van der Waals surface area contributed by atoms with E-state index in [-0.39, 0.29) is 26.4 Å². The Hall–Kier alpha value is -0.160. The number of rotatable bonds is 10. The molecule has 0 rings (SSSR count). The number of ether oxygens (including phenoxy) is 1. The summed E-state index contributed by atoms with van der Waals surface area (Å²) in [6.45, 7) is 2.22. The molecule has 0 aromatic carbocycles. The second-order valence-corrected chi connectivity index (χ2v) is 4.09. The van der Waals surface area contributed by atoms with Gasteiger partial charge >= 0.3 is 0 Å². The van der Waals surface area contributed by atoms with Crippen LogP contribution in [0.3, 0.4) is 0 Å². The van der Waals surface area contributed by atoms with Gasteiger partial charge in [0, 0.05) is 6.61 Å². The van der Waals surface area contributed by atoms with E-state index in [0.717, 1.165) is 12.8 Å². The highest BCUT2D eigenvalue weighted by Crippen LogP contribution is 2.15. The molecular formula is C11H24O4. The van der Waals surface area contributed by atoms with Gasteiger partial charge in [0.25, 0.3) is 0 Å². The summed E-state index contributed by atoms with van der Waals surface area (Å²) in [6.07, 6.45) is 4.52. The van der Waals surface area contributed by atoms with Crippen molar-refractivity contribution in [2.24, 2.45) is 5.41 Å². The molecule has 0 spiro atoms. The molecule has 0 aliphatic heterocycles. The quantitative estimate of drug-likeness (QED) is 0.470. The SMILES string of the molecule is CCCCCCOCC(CO)(CO)CO. The van der Waals surface area contributed by atoms with Crippen LogP contribution in [-0.2, 0) is 4.74 Å². The van der Waals surface area contributed by atoms with Crippen LogP contribution < -0.4 is 0 Å². The molecule has 0 aromatic heterocycles. The van der Waals surface area contributed by atoms with Gasteiger partial charge in [0.15, 0.2) is 0 Å². The topological polar surface area (TPSA) is 69.9 Å². The Bertz CT molecular complexity index is 126. The summed E-state index contributed by atoms with van der Waals surface area (Å²) in [5, 5.41) is 27.1. The molecule has 0 aliphatic rings. The van der Waals surface area contributed by atoms with Crippen molar-refractivity contribution in [3.8, 4) is 0 Å². The first-order valence-corrected chi connectivity index (χ1v) is 5.65. The van der Waals surface area contributed by atoms with Crippen molar-refractivity contribution in [1.82, 2.24) is 0 Å². The van der Waals surface area contributed by atoms with Gasteiger partial charge in [-0.1, -0.05) is 26.2 Å². The monoisotopic (exact) mass is 220 g/mol. The Kier molecular flexibility index (Phi) is 9.00. The van der Waals surface area contributed by atoms with Crippen molar-refractivity contribution >= 4 is 0 Å². The van der Waals surface area contributed by atoms with Crippen LogP contribution in [0.5, 0.6) is 0 Å². The first-order valence-electron chi connectivity index (χ1n) is 5.65. The maximum atomic E-state index is 9.02. The van der Waals surface area contributed by atoms with Crippen molar-refractivity contribution in [2.45, 2.75) is 32.6 Å². The normalized spacial score (nSPS) is 12.0. The average molecular weight is 220 g/mol. The molecular weight excluding hydrogens is 196 g/mol. The van der Waals surface area contributed by atoms with Gasteiger partial charge in [-0.05, 0) is 6.42 Å². The highest BCUT2D eigenvalue weighted by molar-refractivity contribution is 4.76. The fourth-order valence-electron chi connectivity index (χ4n) is 1.21. The van der Waals surface area contributed by atoms with Crippen LogP contribution in [0.1, 0.15) is 32.6 Å². The lowest BCUT2D eigenvalue weighted by atomic mass is 9.93. The van der Waals surface area contributed by atoms with Gasteiger partial charge in [-0.3, -0.25) is 0 Å². The highest BCUT2D eigenvalue weighted by Gasteiger charge is 2.28. The van der Waals surface area contributed by atoms with Crippen LogP contribution in [-0.4, -0.2) is 48.4 Å². The molecule has 0 amide bonds. The molecule has 4 nitrogen and oxygen atoms in total. The van der Waals surface area contributed by atoms with Crippen LogP contribution in [0.25, 0.3) is 0 Å². The minimum absolute atomic E-state index is 0.211. The Morgan fingerprint density at radius 3 is 2.00 bits per heavy atom. The molecule has 0 atom stereocenters. The molecule has 3 N–H and O–H groups in total. The maximum Gasteiger partial charge on any atom is 0.0629 e. The Morgan fingerprint density at radius 2 is 1.53 bits per heavy atom. The largest absolute Gasteiger partial charge is 0.396 e. The lowest BCUT2D eigenvalue weighted by molar-refractivity contribution is -0.0582. The predicted molar refractivity (Wildman–Crippen MR) is 58.7 cm³/mol. The molecule has 4 heteroatoms. The van der Waals surface area contributed by atoms with E-state index in [1.807, 2.05) is 0 Å². The molecule has 0 aliphatic carbocycles. The van der Waals surface area contributed by atoms with E-state index < -0.39 is 5.41 Å². The first kappa shape index (κ1) is 14.8. The third kappa shape index (κ3) is 6.10. The number of aliphatic hydroxyl groups is 3. The van der Waals surface area contributed by atoms with Crippen LogP contribution in [0.4, 0.5) is 0 Å². The van der Waals surface area contributed by atoms with E-state index in [9.17, 15) is 0 Å². The van der Waals surface area contributed by atoms with Crippen molar-refractivity contribution in [2.75, 3.05) is 33.0 Å². The Morgan fingerprint density at radius 1 is 0.933 bits per heavy atom. The summed E-state index contributed by atoms with van der Waals surface area (Å²) < 4.78 is 5.34. The number of aliphatic hydroxyl groups excluding tert-OH is 3. The fourth-order valence-corrected chi connectivity index (χ4v) is 1.21. The maximum absolute atomic E-state index is 9.02. The van der Waals surface area contributed by atoms with E-state index in [2.05, 4.69) is 6.92 Å². The second-order valence-electron chi connectivity index (χ2n) is 4.09. The molecule has 92 valence electrons. The zero-order valence-corrected chi connectivity index (χ0v) is 9.61. The molecule has 15 heavy (non-hydrogen) atoms. The van der Waals surface area contributed by atoms with Crippen LogP contribution in [0.2, 0.25) is 0 Å². The van der Waals surface area contributed by atoms with E-state index >= 15 is 0 Å². The van der Waals surface area contributed by atoms with Crippen molar-refractivity contribution in [1.29, 1.82) is 0 Å². The first-order chi connectivity index (χ1) is 7.24. The molecule has 0 unspecified atom stereocenters. The summed E-state index contributed by atoms with van der Waals surface area (Å²) >= 11 is 0. The lowest BCUT2D eigenvalue weighted by Crippen LogP contribution is -2.38. The van der Waals surface area contributed by atoms with Gasteiger partial charge in [0.1, 0.15) is 0 Å². The molecule has 0 heterocycles. The third-order valence-corrected chi connectivity index (χ3v) is 2.56. The van der Waals surface area contributed by atoms with Crippen molar-refractivity contribution in [3.05, 3.63) is 0 Å². The van der Waals surface area contributed by atoms with E-state index in [0.29, 0.717) is 6.61 Å². The number of hydrogen-bond donors (Lipinski definition) is 3. The summed E-state index contributed by atoms with van der Waals surface area (Å²) in [6, 6.07) is 0. The average Bonchev–Trinajstić information content (AvgIpc) is 2.29. The minimum Gasteiger partial charge on any atom is -0.396 e. The highest BCUT2D eigenvalue weighted by atomic mass is 16.5. The van der Waals surface area contributed by atoms with Gasteiger partial charge in [-0.25, -0.2) is 0 Å². The lowest BCUT2D eigenvalue weighted by Gasteiger charge is -2.26. The summed E-state index contributed by atoms with van der Waals surface area (Å²) in [4.78, 5) is 0. The third-order valence-electron chi connectivity index (χ3n) is 2.56. The van der Waals surface area contributed by atoms with Crippen LogP contribution in [0.15, 0.2) is 0 Å².